The summed E-state index contributed by atoms with van der Waals surface area (Å²) in [7, 11) is 2.93. The standard InChI is InChI=1S/C19H24N4O6S/c1-5-13(18(26)29-6-2)30-19-22-15(20)14(17(25)23-19)21-16(24)10-7-8-11(27-3)12(9-10)28-4/h7-9,13H,5-6H2,1-4H3,(H,21,24)(H3,20,22,23,25)/t13-/m0/s1. The van der Waals surface area contributed by atoms with Gasteiger partial charge < -0.3 is 25.3 Å². The van der Waals surface area contributed by atoms with Crippen LogP contribution in [0.3, 0.4) is 0 Å². The van der Waals surface area contributed by atoms with Crippen LogP contribution in [0.5, 0.6) is 11.5 Å². The third-order valence-corrected chi connectivity index (χ3v) is 5.21. The molecule has 1 heterocycles. The summed E-state index contributed by atoms with van der Waals surface area (Å²) in [4.78, 5) is 43.6. The van der Waals surface area contributed by atoms with Crippen molar-refractivity contribution in [3.8, 4) is 11.5 Å². The molecule has 0 aliphatic carbocycles. The number of hydrogen-bond acceptors (Lipinski definition) is 9. The normalized spacial score (nSPS) is 11.5. The molecule has 1 aromatic heterocycles. The molecule has 30 heavy (non-hydrogen) atoms. The van der Waals surface area contributed by atoms with E-state index in [4.69, 9.17) is 19.9 Å². The number of aromatic amines is 1. The molecule has 162 valence electrons. The van der Waals surface area contributed by atoms with E-state index in [1.54, 1.807) is 13.0 Å². The SMILES string of the molecule is CCOC(=O)[C@H](CC)Sc1nc(N)c(NC(=O)c2ccc(OC)c(OC)c2)c(=O)[nH]1. The lowest BCUT2D eigenvalue weighted by atomic mass is 10.2. The van der Waals surface area contributed by atoms with E-state index in [0.717, 1.165) is 11.8 Å². The number of nitrogens with zero attached hydrogens (tertiary/aromatic N) is 1. The molecule has 0 aliphatic heterocycles. The number of hydrogen-bond donors (Lipinski definition) is 3. The molecular weight excluding hydrogens is 412 g/mol. The Morgan fingerprint density at radius 3 is 2.50 bits per heavy atom. The third kappa shape index (κ3) is 5.44. The van der Waals surface area contributed by atoms with Gasteiger partial charge in [0.05, 0.1) is 20.8 Å². The van der Waals surface area contributed by atoms with Gasteiger partial charge in [-0.2, -0.15) is 0 Å². The van der Waals surface area contributed by atoms with Crippen molar-refractivity contribution in [3.63, 3.8) is 0 Å². The zero-order valence-corrected chi connectivity index (χ0v) is 17.9. The molecule has 0 aliphatic rings. The number of thioether (sulfide) groups is 1. The summed E-state index contributed by atoms with van der Waals surface area (Å²) in [6.07, 6.45) is 0.477. The van der Waals surface area contributed by atoms with Crippen molar-refractivity contribution in [2.45, 2.75) is 30.7 Å². The molecule has 0 saturated carbocycles. The van der Waals surface area contributed by atoms with Gasteiger partial charge in [-0.1, -0.05) is 18.7 Å². The minimum absolute atomic E-state index is 0.154. The number of carbonyl (C=O) groups excluding carboxylic acids is 2. The van der Waals surface area contributed by atoms with E-state index >= 15 is 0 Å². The summed E-state index contributed by atoms with van der Waals surface area (Å²) < 4.78 is 15.3. The topological polar surface area (TPSA) is 146 Å². The number of benzene rings is 1. The van der Waals surface area contributed by atoms with Crippen molar-refractivity contribution in [2.75, 3.05) is 31.9 Å². The lowest BCUT2D eigenvalue weighted by Crippen LogP contribution is -2.24. The Hall–Kier alpha value is -3.21. The number of carbonyl (C=O) groups is 2. The van der Waals surface area contributed by atoms with Crippen LogP contribution in [0.15, 0.2) is 28.2 Å². The first-order valence-electron chi connectivity index (χ1n) is 9.10. The molecule has 11 heteroatoms. The van der Waals surface area contributed by atoms with Crippen LogP contribution in [-0.2, 0) is 9.53 Å². The first kappa shape index (κ1) is 23.1. The Kier molecular flexibility index (Phi) is 8.10. The lowest BCUT2D eigenvalue weighted by molar-refractivity contribution is -0.142. The molecule has 2 aromatic rings. The Morgan fingerprint density at radius 1 is 1.23 bits per heavy atom. The smallest absolute Gasteiger partial charge is 0.319 e. The average molecular weight is 436 g/mol. The quantitative estimate of drug-likeness (QED) is 0.305. The fourth-order valence-electron chi connectivity index (χ4n) is 2.48. The summed E-state index contributed by atoms with van der Waals surface area (Å²) in [5, 5.41) is 2.07. The highest BCUT2D eigenvalue weighted by Gasteiger charge is 2.22. The van der Waals surface area contributed by atoms with Crippen LogP contribution in [-0.4, -0.2) is 47.9 Å². The zero-order chi connectivity index (χ0) is 22.3. The molecule has 2 rings (SSSR count). The lowest BCUT2D eigenvalue weighted by Gasteiger charge is -2.13. The van der Waals surface area contributed by atoms with Crippen molar-refractivity contribution < 1.29 is 23.8 Å². The molecule has 10 nitrogen and oxygen atoms in total. The van der Waals surface area contributed by atoms with Gasteiger partial charge in [0.25, 0.3) is 11.5 Å². The van der Waals surface area contributed by atoms with Crippen LogP contribution in [0.4, 0.5) is 11.5 Å². The predicted molar refractivity (Wildman–Crippen MR) is 113 cm³/mol. The van der Waals surface area contributed by atoms with Gasteiger partial charge in [0.1, 0.15) is 10.9 Å². The molecule has 0 saturated heterocycles. The first-order chi connectivity index (χ1) is 14.3. The van der Waals surface area contributed by atoms with Crippen LogP contribution in [0.2, 0.25) is 0 Å². The minimum Gasteiger partial charge on any atom is -0.493 e. The molecule has 0 unspecified atom stereocenters. The number of esters is 1. The molecular formula is C19H24N4O6S. The number of nitrogen functional groups attached to an aromatic ring is 1. The molecule has 1 amide bonds. The Balaban J connectivity index is 2.22. The Labute approximate surface area is 177 Å². The van der Waals surface area contributed by atoms with Crippen molar-refractivity contribution in [3.05, 3.63) is 34.1 Å². The fraction of sp³-hybridized carbons (Fsp3) is 0.368. The minimum atomic E-state index is -0.641. The van der Waals surface area contributed by atoms with Crippen molar-refractivity contribution in [1.82, 2.24) is 9.97 Å². The van der Waals surface area contributed by atoms with E-state index in [9.17, 15) is 14.4 Å². The summed E-state index contributed by atoms with van der Waals surface area (Å²) in [5.74, 6) is -0.331. The maximum Gasteiger partial charge on any atom is 0.319 e. The number of H-pyrrole nitrogens is 1. The second-order valence-corrected chi connectivity index (χ2v) is 7.11. The molecule has 0 radical (unpaired) electrons. The second kappa shape index (κ2) is 10.5. The van der Waals surface area contributed by atoms with Crippen LogP contribution in [0, 0.1) is 0 Å². The van der Waals surface area contributed by atoms with Gasteiger partial charge in [-0.05, 0) is 31.5 Å². The molecule has 0 spiro atoms. The number of aromatic nitrogens is 2. The molecule has 1 aromatic carbocycles. The average Bonchev–Trinajstić information content (AvgIpc) is 2.73. The van der Waals surface area contributed by atoms with Crippen molar-refractivity contribution in [2.24, 2.45) is 0 Å². The van der Waals surface area contributed by atoms with Gasteiger partial charge in [0.15, 0.2) is 22.5 Å². The van der Waals surface area contributed by atoms with Crippen molar-refractivity contribution >= 4 is 35.1 Å². The molecule has 0 bridgehead atoms. The van der Waals surface area contributed by atoms with Crippen LogP contribution >= 0.6 is 11.8 Å². The highest BCUT2D eigenvalue weighted by molar-refractivity contribution is 8.00. The zero-order valence-electron chi connectivity index (χ0n) is 17.1. The number of nitrogens with one attached hydrogen (secondary N) is 2. The number of rotatable bonds is 9. The Bertz CT molecular complexity index is 978. The fourth-order valence-corrected chi connectivity index (χ4v) is 3.38. The summed E-state index contributed by atoms with van der Waals surface area (Å²) in [6.45, 7) is 3.78. The monoisotopic (exact) mass is 436 g/mol. The molecule has 4 N–H and O–H groups in total. The summed E-state index contributed by atoms with van der Waals surface area (Å²) in [5.41, 5.74) is 5.28. The van der Waals surface area contributed by atoms with E-state index in [-0.39, 0.29) is 28.8 Å². The third-order valence-electron chi connectivity index (χ3n) is 3.98. The first-order valence-corrected chi connectivity index (χ1v) is 9.98. The van der Waals surface area contributed by atoms with Gasteiger partial charge in [-0.15, -0.1) is 0 Å². The van der Waals surface area contributed by atoms with E-state index in [0.29, 0.717) is 17.9 Å². The highest BCUT2D eigenvalue weighted by atomic mass is 32.2. The number of ether oxygens (including phenoxy) is 3. The van der Waals surface area contributed by atoms with E-state index < -0.39 is 22.7 Å². The van der Waals surface area contributed by atoms with Gasteiger partial charge in [0, 0.05) is 5.56 Å². The largest absolute Gasteiger partial charge is 0.493 e. The number of anilines is 2. The van der Waals surface area contributed by atoms with Crippen LogP contribution in [0.25, 0.3) is 0 Å². The summed E-state index contributed by atoms with van der Waals surface area (Å²) in [6, 6.07) is 4.56. The molecule has 1 atom stereocenters. The predicted octanol–water partition coefficient (Wildman–Crippen LogP) is 2.06. The number of nitrogens with two attached hydrogens (primary N) is 1. The van der Waals surface area contributed by atoms with E-state index in [1.165, 1.54) is 26.4 Å². The van der Waals surface area contributed by atoms with Gasteiger partial charge in [-0.3, -0.25) is 19.4 Å². The highest BCUT2D eigenvalue weighted by Crippen LogP contribution is 2.28. The number of methoxy groups -OCH3 is 2. The van der Waals surface area contributed by atoms with Gasteiger partial charge in [0.2, 0.25) is 0 Å². The maximum absolute atomic E-state index is 12.5. The van der Waals surface area contributed by atoms with Crippen molar-refractivity contribution in [1.29, 1.82) is 0 Å². The van der Waals surface area contributed by atoms with E-state index in [1.807, 2.05) is 6.92 Å². The number of amides is 1. The Morgan fingerprint density at radius 2 is 1.93 bits per heavy atom. The summed E-state index contributed by atoms with van der Waals surface area (Å²) >= 11 is 1.03. The van der Waals surface area contributed by atoms with Crippen LogP contribution in [0.1, 0.15) is 30.6 Å². The van der Waals surface area contributed by atoms with E-state index in [2.05, 4.69) is 15.3 Å². The second-order valence-electron chi connectivity index (χ2n) is 5.92. The molecule has 0 fully saturated rings. The van der Waals surface area contributed by atoms with Crippen LogP contribution < -0.4 is 26.1 Å². The van der Waals surface area contributed by atoms with Gasteiger partial charge >= 0.3 is 5.97 Å². The van der Waals surface area contributed by atoms with Gasteiger partial charge in [-0.25, -0.2) is 4.98 Å². The maximum atomic E-state index is 12.5.